The van der Waals surface area contributed by atoms with Crippen molar-refractivity contribution in [2.45, 2.75) is 18.9 Å². The Morgan fingerprint density at radius 1 is 1.09 bits per heavy atom. The second kappa shape index (κ2) is 7.18. The summed E-state index contributed by atoms with van der Waals surface area (Å²) in [6, 6.07) is 17.9. The van der Waals surface area contributed by atoms with Gasteiger partial charge in [0.1, 0.15) is 5.75 Å². The molecule has 2 aromatic rings. The van der Waals surface area contributed by atoms with Crippen LogP contribution in [0.15, 0.2) is 54.6 Å². The van der Waals surface area contributed by atoms with Gasteiger partial charge in [0, 0.05) is 30.4 Å². The van der Waals surface area contributed by atoms with Gasteiger partial charge in [0.15, 0.2) is 0 Å². The van der Waals surface area contributed by atoms with E-state index >= 15 is 0 Å². The zero-order valence-electron chi connectivity index (χ0n) is 13.4. The summed E-state index contributed by atoms with van der Waals surface area (Å²) >= 11 is 0. The summed E-state index contributed by atoms with van der Waals surface area (Å²) in [5.41, 5.74) is 1.90. The zero-order chi connectivity index (χ0) is 16.1. The van der Waals surface area contributed by atoms with Crippen molar-refractivity contribution in [2.75, 3.05) is 25.1 Å². The van der Waals surface area contributed by atoms with Crippen LogP contribution in [-0.2, 0) is 0 Å². The van der Waals surface area contributed by atoms with Crippen molar-refractivity contribution in [3.05, 3.63) is 60.2 Å². The van der Waals surface area contributed by atoms with Crippen LogP contribution >= 0.6 is 0 Å². The lowest BCUT2D eigenvalue weighted by atomic mass is 10.0. The molecule has 1 saturated heterocycles. The van der Waals surface area contributed by atoms with E-state index in [-0.39, 0.29) is 11.9 Å². The molecule has 23 heavy (non-hydrogen) atoms. The Hall–Kier alpha value is -2.49. The van der Waals surface area contributed by atoms with Crippen LogP contribution in [0.5, 0.6) is 5.75 Å². The SMILES string of the molecule is COc1cccc(C(=O)NC2CCN(c3ccccc3)CC2)c1. The Labute approximate surface area is 137 Å². The fraction of sp³-hybridized carbons (Fsp3) is 0.316. The van der Waals surface area contributed by atoms with Gasteiger partial charge in [0.2, 0.25) is 0 Å². The Morgan fingerprint density at radius 3 is 2.52 bits per heavy atom. The number of hydrogen-bond acceptors (Lipinski definition) is 3. The molecular formula is C19H22N2O2. The van der Waals surface area contributed by atoms with E-state index in [1.165, 1.54) is 5.69 Å². The van der Waals surface area contributed by atoms with Gasteiger partial charge in [-0.05, 0) is 43.2 Å². The largest absolute Gasteiger partial charge is 0.497 e. The van der Waals surface area contributed by atoms with Gasteiger partial charge in [-0.3, -0.25) is 4.79 Å². The quantitative estimate of drug-likeness (QED) is 0.943. The summed E-state index contributed by atoms with van der Waals surface area (Å²) in [7, 11) is 1.61. The van der Waals surface area contributed by atoms with Gasteiger partial charge in [0.25, 0.3) is 5.91 Å². The topological polar surface area (TPSA) is 41.6 Å². The highest BCUT2D eigenvalue weighted by atomic mass is 16.5. The van der Waals surface area contributed by atoms with E-state index in [0.29, 0.717) is 11.3 Å². The molecule has 0 aromatic heterocycles. The van der Waals surface area contributed by atoms with Crippen LogP contribution in [0.1, 0.15) is 23.2 Å². The van der Waals surface area contributed by atoms with Crippen molar-refractivity contribution in [2.24, 2.45) is 0 Å². The highest BCUT2D eigenvalue weighted by Crippen LogP contribution is 2.20. The van der Waals surface area contributed by atoms with Crippen LogP contribution < -0.4 is 15.0 Å². The predicted molar refractivity (Wildman–Crippen MR) is 92.1 cm³/mol. The van der Waals surface area contributed by atoms with Gasteiger partial charge in [-0.25, -0.2) is 0 Å². The molecule has 120 valence electrons. The molecule has 1 aliphatic rings. The van der Waals surface area contributed by atoms with Crippen molar-refractivity contribution in [1.29, 1.82) is 0 Å². The number of hydrogen-bond donors (Lipinski definition) is 1. The first-order valence-corrected chi connectivity index (χ1v) is 8.01. The molecule has 3 rings (SSSR count). The molecule has 0 bridgehead atoms. The molecule has 1 fully saturated rings. The number of carbonyl (C=O) groups excluding carboxylic acids is 1. The maximum Gasteiger partial charge on any atom is 0.251 e. The van der Waals surface area contributed by atoms with Gasteiger partial charge in [0.05, 0.1) is 7.11 Å². The highest BCUT2D eigenvalue weighted by molar-refractivity contribution is 5.94. The van der Waals surface area contributed by atoms with E-state index in [2.05, 4.69) is 34.5 Å². The van der Waals surface area contributed by atoms with E-state index in [9.17, 15) is 4.79 Å². The molecule has 0 saturated carbocycles. The lowest BCUT2D eigenvalue weighted by Gasteiger charge is -2.34. The highest BCUT2D eigenvalue weighted by Gasteiger charge is 2.21. The van der Waals surface area contributed by atoms with E-state index in [0.717, 1.165) is 25.9 Å². The number of nitrogens with zero attached hydrogens (tertiary/aromatic N) is 1. The van der Waals surface area contributed by atoms with Gasteiger partial charge < -0.3 is 15.0 Å². The van der Waals surface area contributed by atoms with Crippen LogP contribution in [0.2, 0.25) is 0 Å². The fourth-order valence-corrected chi connectivity index (χ4v) is 2.95. The third kappa shape index (κ3) is 3.83. The van der Waals surface area contributed by atoms with Crippen molar-refractivity contribution >= 4 is 11.6 Å². The smallest absolute Gasteiger partial charge is 0.251 e. The number of benzene rings is 2. The molecule has 1 heterocycles. The van der Waals surface area contributed by atoms with Crippen LogP contribution in [0.4, 0.5) is 5.69 Å². The maximum absolute atomic E-state index is 12.4. The predicted octanol–water partition coefficient (Wildman–Crippen LogP) is 3.09. The zero-order valence-corrected chi connectivity index (χ0v) is 13.4. The molecule has 0 unspecified atom stereocenters. The molecular weight excluding hydrogens is 288 g/mol. The number of rotatable bonds is 4. The second-order valence-electron chi connectivity index (χ2n) is 5.80. The molecule has 0 spiro atoms. The second-order valence-corrected chi connectivity index (χ2v) is 5.80. The van der Waals surface area contributed by atoms with Crippen molar-refractivity contribution in [1.82, 2.24) is 5.32 Å². The Balaban J connectivity index is 1.55. The Morgan fingerprint density at radius 2 is 1.83 bits per heavy atom. The summed E-state index contributed by atoms with van der Waals surface area (Å²) in [5, 5.41) is 3.14. The Bertz CT molecular complexity index is 649. The molecule has 1 aliphatic heterocycles. The van der Waals surface area contributed by atoms with Crippen molar-refractivity contribution in [3.8, 4) is 5.75 Å². The number of amides is 1. The summed E-state index contributed by atoms with van der Waals surface area (Å²) in [4.78, 5) is 14.7. The average molecular weight is 310 g/mol. The molecule has 4 heteroatoms. The van der Waals surface area contributed by atoms with E-state index < -0.39 is 0 Å². The first-order valence-electron chi connectivity index (χ1n) is 8.01. The van der Waals surface area contributed by atoms with Gasteiger partial charge in [-0.15, -0.1) is 0 Å². The van der Waals surface area contributed by atoms with Crippen LogP contribution in [-0.4, -0.2) is 32.1 Å². The first kappa shape index (κ1) is 15.4. The normalized spacial score (nSPS) is 15.3. The van der Waals surface area contributed by atoms with Gasteiger partial charge in [-0.2, -0.15) is 0 Å². The van der Waals surface area contributed by atoms with Gasteiger partial charge >= 0.3 is 0 Å². The van der Waals surface area contributed by atoms with Crippen LogP contribution in [0.3, 0.4) is 0 Å². The third-order valence-electron chi connectivity index (χ3n) is 4.28. The molecule has 0 radical (unpaired) electrons. The first-order chi connectivity index (χ1) is 11.3. The number of ether oxygens (including phenoxy) is 1. The minimum Gasteiger partial charge on any atom is -0.497 e. The minimum atomic E-state index is -0.0259. The molecule has 1 amide bonds. The average Bonchev–Trinajstić information content (AvgIpc) is 2.63. The summed E-state index contributed by atoms with van der Waals surface area (Å²) in [6.45, 7) is 1.93. The third-order valence-corrected chi connectivity index (χ3v) is 4.28. The number of anilines is 1. The van der Waals surface area contributed by atoms with Gasteiger partial charge in [-0.1, -0.05) is 24.3 Å². The Kier molecular flexibility index (Phi) is 4.81. The lowest BCUT2D eigenvalue weighted by molar-refractivity contribution is 0.0931. The van der Waals surface area contributed by atoms with E-state index in [4.69, 9.17) is 4.74 Å². The molecule has 1 N–H and O–H groups in total. The van der Waals surface area contributed by atoms with Crippen LogP contribution in [0, 0.1) is 0 Å². The molecule has 0 atom stereocenters. The number of piperidine rings is 1. The molecule has 4 nitrogen and oxygen atoms in total. The number of nitrogens with one attached hydrogen (secondary N) is 1. The number of methoxy groups -OCH3 is 1. The van der Waals surface area contributed by atoms with E-state index in [1.54, 1.807) is 13.2 Å². The number of carbonyl (C=O) groups is 1. The fourth-order valence-electron chi connectivity index (χ4n) is 2.95. The lowest BCUT2D eigenvalue weighted by Crippen LogP contribution is -2.44. The van der Waals surface area contributed by atoms with Crippen LogP contribution in [0.25, 0.3) is 0 Å². The molecule has 2 aromatic carbocycles. The standard InChI is InChI=1S/C19H22N2O2/c1-23-18-9-5-6-15(14-18)19(22)20-16-10-12-21(13-11-16)17-7-3-2-4-8-17/h2-9,14,16H,10-13H2,1H3,(H,20,22). The molecule has 0 aliphatic carbocycles. The maximum atomic E-state index is 12.4. The van der Waals surface area contributed by atoms with Crippen molar-refractivity contribution < 1.29 is 9.53 Å². The summed E-state index contributed by atoms with van der Waals surface area (Å²) in [6.07, 6.45) is 1.93. The minimum absolute atomic E-state index is 0.0259. The van der Waals surface area contributed by atoms with Crippen molar-refractivity contribution in [3.63, 3.8) is 0 Å². The monoisotopic (exact) mass is 310 g/mol. The number of para-hydroxylation sites is 1. The van der Waals surface area contributed by atoms with E-state index in [1.807, 2.05) is 24.3 Å². The summed E-state index contributed by atoms with van der Waals surface area (Å²) in [5.74, 6) is 0.679. The summed E-state index contributed by atoms with van der Waals surface area (Å²) < 4.78 is 5.17.